The molecule has 1 aromatic heterocycles. The summed E-state index contributed by atoms with van der Waals surface area (Å²) in [4.78, 5) is 40.1. The van der Waals surface area contributed by atoms with Crippen LogP contribution in [0.5, 0.6) is 11.5 Å². The summed E-state index contributed by atoms with van der Waals surface area (Å²) in [5, 5.41) is 2.66. The number of H-pyrrole nitrogens is 1. The van der Waals surface area contributed by atoms with Crippen LogP contribution in [0.25, 0.3) is 0 Å². The van der Waals surface area contributed by atoms with Crippen LogP contribution < -0.4 is 14.8 Å². The molecular weight excluding hydrogens is 380 g/mol. The number of nitrogens with one attached hydrogen (secondary N) is 2. The van der Waals surface area contributed by atoms with Crippen LogP contribution in [-0.4, -0.2) is 50.8 Å². The number of aryl methyl sites for hydroxylation is 1. The predicted octanol–water partition coefficient (Wildman–Crippen LogP) is 2.86. The number of ether oxygens (including phenoxy) is 4. The van der Waals surface area contributed by atoms with E-state index in [9.17, 15) is 14.4 Å². The minimum Gasteiger partial charge on any atom is -0.493 e. The largest absolute Gasteiger partial charge is 0.493 e. The maximum atomic E-state index is 12.9. The van der Waals surface area contributed by atoms with Crippen molar-refractivity contribution in [3.63, 3.8) is 0 Å². The number of carbonyl (C=O) groups is 3. The predicted molar refractivity (Wildman–Crippen MR) is 105 cm³/mol. The second kappa shape index (κ2) is 9.13. The molecule has 1 heterocycles. The highest BCUT2D eigenvalue weighted by molar-refractivity contribution is 6.10. The molecular formula is C20H24N2O7. The number of rotatable bonds is 7. The summed E-state index contributed by atoms with van der Waals surface area (Å²) < 4.78 is 20.3. The Balaban J connectivity index is 2.46. The molecule has 0 fully saturated rings. The van der Waals surface area contributed by atoms with Gasteiger partial charge in [-0.3, -0.25) is 4.79 Å². The highest BCUT2D eigenvalue weighted by Gasteiger charge is 2.25. The number of aromatic amines is 1. The van der Waals surface area contributed by atoms with E-state index in [2.05, 4.69) is 10.3 Å². The Morgan fingerprint density at radius 3 is 2.17 bits per heavy atom. The van der Waals surface area contributed by atoms with Crippen molar-refractivity contribution in [3.05, 3.63) is 40.2 Å². The Bertz CT molecular complexity index is 947. The fourth-order valence-corrected chi connectivity index (χ4v) is 2.93. The van der Waals surface area contributed by atoms with Crippen molar-refractivity contribution in [1.29, 1.82) is 0 Å². The van der Waals surface area contributed by atoms with Crippen molar-refractivity contribution in [1.82, 2.24) is 4.98 Å². The molecule has 9 nitrogen and oxygen atoms in total. The smallest absolute Gasteiger partial charge is 0.340 e. The summed E-state index contributed by atoms with van der Waals surface area (Å²) in [6.45, 7) is 5.24. The lowest BCUT2D eigenvalue weighted by Crippen LogP contribution is -2.17. The van der Waals surface area contributed by atoms with Crippen molar-refractivity contribution in [2.24, 2.45) is 0 Å². The highest BCUT2D eigenvalue weighted by Crippen LogP contribution is 2.34. The number of methoxy groups -OCH3 is 3. The summed E-state index contributed by atoms with van der Waals surface area (Å²) >= 11 is 0. The topological polar surface area (TPSA) is 116 Å². The molecule has 0 saturated carbocycles. The molecule has 0 bridgehead atoms. The molecule has 9 heteroatoms. The monoisotopic (exact) mass is 404 g/mol. The van der Waals surface area contributed by atoms with Gasteiger partial charge < -0.3 is 29.2 Å². The molecule has 29 heavy (non-hydrogen) atoms. The van der Waals surface area contributed by atoms with Gasteiger partial charge in [-0.15, -0.1) is 0 Å². The van der Waals surface area contributed by atoms with E-state index >= 15 is 0 Å². The molecule has 0 aliphatic carbocycles. The van der Waals surface area contributed by atoms with Crippen LogP contribution in [0.15, 0.2) is 12.1 Å². The van der Waals surface area contributed by atoms with Gasteiger partial charge in [-0.1, -0.05) is 0 Å². The minimum absolute atomic E-state index is 0.0880. The van der Waals surface area contributed by atoms with Gasteiger partial charge in [-0.2, -0.15) is 0 Å². The van der Waals surface area contributed by atoms with Crippen LogP contribution in [0.4, 0.5) is 5.69 Å². The Labute approximate surface area is 168 Å². The number of aromatic nitrogens is 1. The number of carbonyl (C=O) groups excluding carboxylic acids is 3. The summed E-state index contributed by atoms with van der Waals surface area (Å²) in [6, 6.07) is 2.87. The fourth-order valence-electron chi connectivity index (χ4n) is 2.93. The van der Waals surface area contributed by atoms with Crippen molar-refractivity contribution in [2.45, 2.75) is 20.8 Å². The first-order valence-corrected chi connectivity index (χ1v) is 8.80. The van der Waals surface area contributed by atoms with Gasteiger partial charge in [0.25, 0.3) is 5.91 Å². The molecule has 2 N–H and O–H groups in total. The maximum Gasteiger partial charge on any atom is 0.340 e. The Morgan fingerprint density at radius 2 is 1.62 bits per heavy atom. The summed E-state index contributed by atoms with van der Waals surface area (Å²) in [6.07, 6.45) is 0. The molecule has 156 valence electrons. The lowest BCUT2D eigenvalue weighted by molar-refractivity contribution is 0.0524. The lowest BCUT2D eigenvalue weighted by Gasteiger charge is -2.14. The zero-order valence-corrected chi connectivity index (χ0v) is 17.2. The molecule has 2 rings (SSSR count). The van der Waals surface area contributed by atoms with Crippen LogP contribution >= 0.6 is 0 Å². The van der Waals surface area contributed by atoms with Gasteiger partial charge in [0.05, 0.1) is 44.8 Å². The third kappa shape index (κ3) is 4.34. The molecule has 0 aliphatic heterocycles. The molecule has 0 saturated heterocycles. The van der Waals surface area contributed by atoms with Crippen molar-refractivity contribution >= 4 is 23.5 Å². The summed E-state index contributed by atoms with van der Waals surface area (Å²) in [5.74, 6) is -1.09. The number of amides is 1. The van der Waals surface area contributed by atoms with Crippen LogP contribution in [-0.2, 0) is 9.47 Å². The average molecular weight is 404 g/mol. The number of hydrogen-bond donors (Lipinski definition) is 2. The van der Waals surface area contributed by atoms with Gasteiger partial charge in [0, 0.05) is 17.8 Å². The molecule has 1 amide bonds. The van der Waals surface area contributed by atoms with Crippen molar-refractivity contribution in [2.75, 3.05) is 33.3 Å². The molecule has 0 unspecified atom stereocenters. The van der Waals surface area contributed by atoms with E-state index in [0.29, 0.717) is 28.3 Å². The van der Waals surface area contributed by atoms with Crippen LogP contribution in [0.2, 0.25) is 0 Å². The highest BCUT2D eigenvalue weighted by atomic mass is 16.5. The first-order chi connectivity index (χ1) is 13.8. The molecule has 2 aromatic rings. The molecule has 0 radical (unpaired) electrons. The molecule has 0 atom stereocenters. The summed E-state index contributed by atoms with van der Waals surface area (Å²) in [7, 11) is 4.10. The van der Waals surface area contributed by atoms with Gasteiger partial charge in [-0.05, 0) is 26.3 Å². The fraction of sp³-hybridized carbons (Fsp3) is 0.350. The van der Waals surface area contributed by atoms with E-state index in [1.807, 2.05) is 0 Å². The van der Waals surface area contributed by atoms with E-state index in [4.69, 9.17) is 18.9 Å². The standard InChI is InChI=1S/C20H24N2O7/c1-7-29-20(25)16-10(2)17(21-11(16)3)18(23)22-13-9-15(27-5)14(26-4)8-12(13)19(24)28-6/h8-9,21H,7H2,1-6H3,(H,22,23). The summed E-state index contributed by atoms with van der Waals surface area (Å²) in [5.41, 5.74) is 1.69. The van der Waals surface area contributed by atoms with E-state index in [0.717, 1.165) is 0 Å². The van der Waals surface area contributed by atoms with E-state index in [1.165, 1.54) is 33.5 Å². The zero-order valence-electron chi connectivity index (χ0n) is 17.2. The van der Waals surface area contributed by atoms with Gasteiger partial charge in [0.2, 0.25) is 0 Å². The molecule has 0 spiro atoms. The van der Waals surface area contributed by atoms with E-state index in [1.54, 1.807) is 20.8 Å². The first kappa shape index (κ1) is 21.8. The number of hydrogen-bond acceptors (Lipinski definition) is 7. The molecule has 1 aromatic carbocycles. The maximum absolute atomic E-state index is 12.9. The second-order valence-corrected chi connectivity index (χ2v) is 6.04. The molecule has 0 aliphatic rings. The SMILES string of the molecule is CCOC(=O)c1c(C)[nH]c(C(=O)Nc2cc(OC)c(OC)cc2C(=O)OC)c1C. The minimum atomic E-state index is -0.659. The third-order valence-corrected chi connectivity index (χ3v) is 4.32. The normalized spacial score (nSPS) is 10.3. The quantitative estimate of drug-likeness (QED) is 0.682. The van der Waals surface area contributed by atoms with E-state index in [-0.39, 0.29) is 23.6 Å². The third-order valence-electron chi connectivity index (χ3n) is 4.32. The van der Waals surface area contributed by atoms with Crippen molar-refractivity contribution in [3.8, 4) is 11.5 Å². The Kier molecular flexibility index (Phi) is 6.87. The van der Waals surface area contributed by atoms with Crippen LogP contribution in [0, 0.1) is 13.8 Å². The first-order valence-electron chi connectivity index (χ1n) is 8.80. The van der Waals surface area contributed by atoms with Gasteiger partial charge in [0.15, 0.2) is 11.5 Å². The average Bonchev–Trinajstić information content (AvgIpc) is 3.01. The van der Waals surface area contributed by atoms with Gasteiger partial charge in [-0.25, -0.2) is 9.59 Å². The van der Waals surface area contributed by atoms with Crippen LogP contribution in [0.1, 0.15) is 49.4 Å². The Hall–Kier alpha value is -3.49. The van der Waals surface area contributed by atoms with Crippen LogP contribution in [0.3, 0.4) is 0 Å². The lowest BCUT2D eigenvalue weighted by atomic mass is 10.1. The number of esters is 2. The van der Waals surface area contributed by atoms with Gasteiger partial charge in [0.1, 0.15) is 5.69 Å². The van der Waals surface area contributed by atoms with Crippen molar-refractivity contribution < 1.29 is 33.3 Å². The second-order valence-electron chi connectivity index (χ2n) is 6.04. The zero-order chi connectivity index (χ0) is 21.7. The number of benzene rings is 1. The number of anilines is 1. The van der Waals surface area contributed by atoms with Gasteiger partial charge >= 0.3 is 11.9 Å². The Morgan fingerprint density at radius 1 is 1.00 bits per heavy atom. The van der Waals surface area contributed by atoms with E-state index < -0.39 is 17.8 Å².